The van der Waals surface area contributed by atoms with E-state index in [1.807, 2.05) is 35.9 Å². The molecule has 0 aliphatic rings. The number of rotatable bonds is 10. The van der Waals surface area contributed by atoms with Crippen molar-refractivity contribution in [3.8, 4) is 11.5 Å². The zero-order chi connectivity index (χ0) is 22.2. The predicted molar refractivity (Wildman–Crippen MR) is 123 cm³/mol. The van der Waals surface area contributed by atoms with Gasteiger partial charge in [0.1, 0.15) is 17.3 Å². The van der Waals surface area contributed by atoms with Gasteiger partial charge in [-0.25, -0.2) is 0 Å². The summed E-state index contributed by atoms with van der Waals surface area (Å²) < 4.78 is 12.5. The van der Waals surface area contributed by atoms with E-state index in [-0.39, 0.29) is 11.7 Å². The predicted octanol–water partition coefficient (Wildman–Crippen LogP) is 4.05. The summed E-state index contributed by atoms with van der Waals surface area (Å²) in [6.45, 7) is 2.05. The lowest BCUT2D eigenvalue weighted by Crippen LogP contribution is -2.14. The third-order valence-corrected chi connectivity index (χ3v) is 5.96. The van der Waals surface area contributed by atoms with Crippen LogP contribution in [0.15, 0.2) is 47.6 Å². The van der Waals surface area contributed by atoms with Gasteiger partial charge in [0.2, 0.25) is 5.91 Å². The number of ether oxygens (including phenoxy) is 2. The van der Waals surface area contributed by atoms with Gasteiger partial charge in [0.15, 0.2) is 5.16 Å². The summed E-state index contributed by atoms with van der Waals surface area (Å²) in [4.78, 5) is 12.3. The van der Waals surface area contributed by atoms with E-state index in [0.29, 0.717) is 11.4 Å². The van der Waals surface area contributed by atoms with Crippen molar-refractivity contribution in [1.29, 1.82) is 0 Å². The Hall–Kier alpha value is -3.00. The van der Waals surface area contributed by atoms with Gasteiger partial charge < -0.3 is 19.4 Å². The number of benzene rings is 2. The third kappa shape index (κ3) is 6.24. The largest absolute Gasteiger partial charge is 0.497 e. The molecule has 1 heterocycles. The highest BCUT2D eigenvalue weighted by atomic mass is 32.2. The van der Waals surface area contributed by atoms with Crippen LogP contribution in [0.1, 0.15) is 23.4 Å². The number of nitrogens with one attached hydrogen (secondary N) is 1. The molecule has 0 bridgehead atoms. The molecule has 1 aromatic heterocycles. The number of carbonyl (C=O) groups is 1. The topological polar surface area (TPSA) is 78.3 Å². The van der Waals surface area contributed by atoms with Crippen molar-refractivity contribution in [2.45, 2.75) is 31.3 Å². The van der Waals surface area contributed by atoms with Gasteiger partial charge in [-0.2, -0.15) is 0 Å². The van der Waals surface area contributed by atoms with Crippen molar-refractivity contribution in [2.75, 3.05) is 25.3 Å². The molecule has 0 saturated carbocycles. The third-order valence-electron chi connectivity index (χ3n) is 4.94. The molecular formula is C23H28N4O3S. The number of hydrogen-bond donors (Lipinski definition) is 1. The fraction of sp³-hybridized carbons (Fsp3) is 0.348. The molecule has 0 unspecified atom stereocenters. The Bertz CT molecular complexity index is 1040. The van der Waals surface area contributed by atoms with Gasteiger partial charge in [0.05, 0.1) is 20.0 Å². The highest BCUT2D eigenvalue weighted by molar-refractivity contribution is 7.99. The van der Waals surface area contributed by atoms with Gasteiger partial charge in [-0.15, -0.1) is 10.2 Å². The van der Waals surface area contributed by atoms with E-state index >= 15 is 0 Å². The van der Waals surface area contributed by atoms with E-state index in [1.54, 1.807) is 20.3 Å². The number of amides is 1. The maximum atomic E-state index is 12.3. The average molecular weight is 441 g/mol. The molecule has 0 aliphatic heterocycles. The number of anilines is 1. The Morgan fingerprint density at radius 3 is 2.68 bits per heavy atom. The molecule has 31 heavy (non-hydrogen) atoms. The van der Waals surface area contributed by atoms with Crippen LogP contribution in [-0.2, 0) is 24.7 Å². The Morgan fingerprint density at radius 2 is 1.94 bits per heavy atom. The number of nitrogens with zero attached hydrogens (tertiary/aromatic N) is 3. The van der Waals surface area contributed by atoms with Crippen molar-refractivity contribution in [1.82, 2.24) is 14.8 Å². The molecule has 2 aromatic carbocycles. The van der Waals surface area contributed by atoms with Gasteiger partial charge in [-0.05, 0) is 49.1 Å². The van der Waals surface area contributed by atoms with Gasteiger partial charge in [0, 0.05) is 25.2 Å². The van der Waals surface area contributed by atoms with E-state index < -0.39 is 0 Å². The highest BCUT2D eigenvalue weighted by Gasteiger charge is 2.12. The van der Waals surface area contributed by atoms with E-state index in [4.69, 9.17) is 9.47 Å². The first-order valence-corrected chi connectivity index (χ1v) is 11.1. The first-order chi connectivity index (χ1) is 15.0. The van der Waals surface area contributed by atoms with Crippen molar-refractivity contribution >= 4 is 23.4 Å². The molecule has 3 aromatic rings. The maximum Gasteiger partial charge on any atom is 0.234 e. The van der Waals surface area contributed by atoms with Gasteiger partial charge >= 0.3 is 0 Å². The van der Waals surface area contributed by atoms with Gasteiger partial charge in [-0.1, -0.05) is 30.0 Å². The molecular weight excluding hydrogens is 412 g/mol. The molecule has 1 amide bonds. The summed E-state index contributed by atoms with van der Waals surface area (Å²) in [5.74, 6) is 2.69. The minimum absolute atomic E-state index is 0.0994. The molecule has 3 rings (SSSR count). The SMILES string of the molecule is COc1cccc(NC(=O)CSc2nnc(CCCc3ccc(OC)c(C)c3)n2C)c1. The van der Waals surface area contributed by atoms with Crippen molar-refractivity contribution in [2.24, 2.45) is 7.05 Å². The van der Waals surface area contributed by atoms with Crippen LogP contribution in [0.3, 0.4) is 0 Å². The smallest absolute Gasteiger partial charge is 0.234 e. The molecule has 0 fully saturated rings. The Balaban J connectivity index is 1.48. The first kappa shape index (κ1) is 22.7. The van der Waals surface area contributed by atoms with Crippen molar-refractivity contribution < 1.29 is 14.3 Å². The summed E-state index contributed by atoms with van der Waals surface area (Å²) in [6, 6.07) is 13.6. The minimum atomic E-state index is -0.0994. The number of aryl methyl sites for hydroxylation is 3. The van der Waals surface area contributed by atoms with E-state index in [1.165, 1.54) is 17.3 Å². The fourth-order valence-electron chi connectivity index (χ4n) is 3.26. The number of methoxy groups -OCH3 is 2. The van der Waals surface area contributed by atoms with Crippen molar-refractivity contribution in [3.05, 3.63) is 59.4 Å². The first-order valence-electron chi connectivity index (χ1n) is 10.1. The van der Waals surface area contributed by atoms with E-state index in [2.05, 4.69) is 34.6 Å². The monoisotopic (exact) mass is 440 g/mol. The van der Waals surface area contributed by atoms with Crippen molar-refractivity contribution in [3.63, 3.8) is 0 Å². The van der Waals surface area contributed by atoms with Crippen LogP contribution in [0.5, 0.6) is 11.5 Å². The second-order valence-electron chi connectivity index (χ2n) is 7.18. The van der Waals surface area contributed by atoms with Gasteiger partial charge in [0.25, 0.3) is 0 Å². The minimum Gasteiger partial charge on any atom is -0.497 e. The Morgan fingerprint density at radius 1 is 1.10 bits per heavy atom. The lowest BCUT2D eigenvalue weighted by molar-refractivity contribution is -0.113. The zero-order valence-corrected chi connectivity index (χ0v) is 19.2. The number of thioether (sulfide) groups is 1. The van der Waals surface area contributed by atoms with E-state index in [9.17, 15) is 4.79 Å². The quantitative estimate of drug-likeness (QED) is 0.479. The molecule has 164 valence electrons. The van der Waals surface area contributed by atoms with E-state index in [0.717, 1.165) is 41.6 Å². The number of hydrogen-bond acceptors (Lipinski definition) is 6. The summed E-state index contributed by atoms with van der Waals surface area (Å²) in [7, 11) is 5.23. The van der Waals surface area contributed by atoms with Crippen LogP contribution in [-0.4, -0.2) is 40.6 Å². The second kappa shape index (κ2) is 10.9. The molecule has 8 heteroatoms. The normalized spacial score (nSPS) is 10.7. The molecule has 0 saturated heterocycles. The molecule has 0 aliphatic carbocycles. The fourth-order valence-corrected chi connectivity index (χ4v) is 3.99. The Labute approximate surface area is 187 Å². The van der Waals surface area contributed by atoms with Crippen LogP contribution in [0.25, 0.3) is 0 Å². The number of aromatic nitrogens is 3. The van der Waals surface area contributed by atoms with Crippen LogP contribution in [0, 0.1) is 6.92 Å². The Kier molecular flexibility index (Phi) is 7.94. The highest BCUT2D eigenvalue weighted by Crippen LogP contribution is 2.21. The van der Waals surface area contributed by atoms with Crippen LogP contribution >= 0.6 is 11.8 Å². The van der Waals surface area contributed by atoms with Gasteiger partial charge in [-0.3, -0.25) is 4.79 Å². The molecule has 0 radical (unpaired) electrons. The standard InChI is InChI=1S/C23H28N4O3S/c1-16-13-17(11-12-20(16)30-4)7-5-10-21-25-26-23(27(21)2)31-15-22(28)24-18-8-6-9-19(14-18)29-3/h6,8-9,11-14H,5,7,10,15H2,1-4H3,(H,24,28). The average Bonchev–Trinajstić information content (AvgIpc) is 3.12. The summed E-state index contributed by atoms with van der Waals surface area (Å²) in [6.07, 6.45) is 2.76. The maximum absolute atomic E-state index is 12.3. The lowest BCUT2D eigenvalue weighted by Gasteiger charge is -2.08. The van der Waals surface area contributed by atoms with Crippen LogP contribution in [0.2, 0.25) is 0 Å². The van der Waals surface area contributed by atoms with Crippen LogP contribution in [0.4, 0.5) is 5.69 Å². The molecule has 0 atom stereocenters. The summed E-state index contributed by atoms with van der Waals surface area (Å²) >= 11 is 1.37. The molecule has 0 spiro atoms. The second-order valence-corrected chi connectivity index (χ2v) is 8.13. The summed E-state index contributed by atoms with van der Waals surface area (Å²) in [5.41, 5.74) is 3.13. The number of carbonyl (C=O) groups excluding carboxylic acids is 1. The molecule has 7 nitrogen and oxygen atoms in total. The molecule has 1 N–H and O–H groups in total. The lowest BCUT2D eigenvalue weighted by atomic mass is 10.0. The zero-order valence-electron chi connectivity index (χ0n) is 18.3. The van der Waals surface area contributed by atoms with Crippen LogP contribution < -0.4 is 14.8 Å². The summed E-state index contributed by atoms with van der Waals surface area (Å²) in [5, 5.41) is 12.1.